The van der Waals surface area contributed by atoms with Gasteiger partial charge in [-0.1, -0.05) is 13.8 Å². The van der Waals surface area contributed by atoms with Crippen molar-refractivity contribution in [2.45, 2.75) is 44.5 Å². The van der Waals surface area contributed by atoms with Crippen LogP contribution in [0.1, 0.15) is 13.8 Å². The Balaban J connectivity index is 2.69. The molecule has 7 heteroatoms. The molecule has 0 unspecified atom stereocenters. The van der Waals surface area contributed by atoms with E-state index in [1.165, 1.54) is 0 Å². The second kappa shape index (κ2) is 5.74. The summed E-state index contributed by atoms with van der Waals surface area (Å²) in [5.41, 5.74) is 0. The van der Waals surface area contributed by atoms with Crippen LogP contribution < -0.4 is 5.32 Å². The summed E-state index contributed by atoms with van der Waals surface area (Å²) in [4.78, 5) is 11.4. The third-order valence-electron chi connectivity index (χ3n) is 2.73. The van der Waals surface area contributed by atoms with Crippen LogP contribution in [-0.4, -0.2) is 63.6 Å². The summed E-state index contributed by atoms with van der Waals surface area (Å²) in [7, 11) is 0. The maximum Gasteiger partial charge on any atom is 0.223 e. The Hall–Kier alpha value is -0.730. The molecule has 5 N–H and O–H groups in total. The fourth-order valence-electron chi connectivity index (χ4n) is 1.58. The number of ether oxygens (including phenoxy) is 1. The van der Waals surface area contributed by atoms with Gasteiger partial charge in [0.05, 0.1) is 6.61 Å². The van der Waals surface area contributed by atoms with Crippen molar-refractivity contribution in [2.24, 2.45) is 5.92 Å². The van der Waals surface area contributed by atoms with Gasteiger partial charge in [-0.3, -0.25) is 4.79 Å². The second-order valence-electron chi connectivity index (χ2n) is 4.42. The minimum absolute atomic E-state index is 0.317. The molecule has 0 radical (unpaired) electrons. The summed E-state index contributed by atoms with van der Waals surface area (Å²) < 4.78 is 4.89. The zero-order valence-corrected chi connectivity index (χ0v) is 9.78. The van der Waals surface area contributed by atoms with Gasteiger partial charge >= 0.3 is 0 Å². The molecule has 1 saturated heterocycles. The molecule has 5 atom stereocenters. The lowest BCUT2D eigenvalue weighted by atomic mass is 9.96. The highest BCUT2D eigenvalue weighted by Crippen LogP contribution is 2.19. The van der Waals surface area contributed by atoms with E-state index in [-0.39, 0.29) is 11.8 Å². The summed E-state index contributed by atoms with van der Waals surface area (Å²) in [5, 5.41) is 40.1. The van der Waals surface area contributed by atoms with Gasteiger partial charge in [0.2, 0.25) is 5.91 Å². The van der Waals surface area contributed by atoms with E-state index < -0.39 is 37.3 Å². The first-order valence-electron chi connectivity index (χ1n) is 5.49. The summed E-state index contributed by atoms with van der Waals surface area (Å²) in [5.74, 6) is -0.687. The molecule has 0 aliphatic carbocycles. The number of amides is 1. The van der Waals surface area contributed by atoms with Gasteiger partial charge in [0.25, 0.3) is 0 Å². The molecule has 1 heterocycles. The van der Waals surface area contributed by atoms with Crippen LogP contribution in [0.15, 0.2) is 0 Å². The van der Waals surface area contributed by atoms with Crippen molar-refractivity contribution < 1.29 is 30.0 Å². The van der Waals surface area contributed by atoms with Crippen molar-refractivity contribution in [3.05, 3.63) is 0 Å². The molecule has 1 amide bonds. The van der Waals surface area contributed by atoms with E-state index in [4.69, 9.17) is 9.84 Å². The lowest BCUT2D eigenvalue weighted by Gasteiger charge is -2.40. The summed E-state index contributed by atoms with van der Waals surface area (Å²) >= 11 is 0. The summed E-state index contributed by atoms with van der Waals surface area (Å²) in [6.45, 7) is 2.79. The largest absolute Gasteiger partial charge is 0.394 e. The number of nitrogens with one attached hydrogen (secondary N) is 1. The lowest BCUT2D eigenvalue weighted by Crippen LogP contribution is -2.64. The van der Waals surface area contributed by atoms with Crippen LogP contribution >= 0.6 is 0 Å². The van der Waals surface area contributed by atoms with Gasteiger partial charge in [-0.05, 0) is 0 Å². The smallest absolute Gasteiger partial charge is 0.223 e. The van der Waals surface area contributed by atoms with Crippen LogP contribution in [0.25, 0.3) is 0 Å². The number of hydrogen-bond donors (Lipinski definition) is 5. The van der Waals surface area contributed by atoms with E-state index in [2.05, 4.69) is 5.32 Å². The van der Waals surface area contributed by atoms with Gasteiger partial charge in [-0.25, -0.2) is 0 Å². The monoisotopic (exact) mass is 249 g/mol. The van der Waals surface area contributed by atoms with E-state index in [0.29, 0.717) is 0 Å². The van der Waals surface area contributed by atoms with Crippen LogP contribution in [0.4, 0.5) is 0 Å². The quantitative estimate of drug-likeness (QED) is 0.379. The molecule has 0 aromatic heterocycles. The molecule has 1 fully saturated rings. The van der Waals surface area contributed by atoms with E-state index >= 15 is 0 Å². The molecule has 0 bridgehead atoms. The van der Waals surface area contributed by atoms with E-state index in [1.807, 2.05) is 0 Å². The molecule has 7 nitrogen and oxygen atoms in total. The Morgan fingerprint density at radius 1 is 1.29 bits per heavy atom. The third-order valence-corrected chi connectivity index (χ3v) is 2.73. The Kier molecular flexibility index (Phi) is 4.84. The van der Waals surface area contributed by atoms with Gasteiger partial charge in [0, 0.05) is 5.92 Å². The van der Waals surface area contributed by atoms with Crippen LogP contribution in [0.2, 0.25) is 0 Å². The van der Waals surface area contributed by atoms with Crippen LogP contribution in [0.5, 0.6) is 0 Å². The first-order chi connectivity index (χ1) is 7.88. The number of rotatable bonds is 3. The predicted octanol–water partition coefficient (Wildman–Crippen LogP) is -2.44. The Bertz CT molecular complexity index is 272. The average Bonchev–Trinajstić information content (AvgIpc) is 2.28. The van der Waals surface area contributed by atoms with Crippen molar-refractivity contribution in [3.63, 3.8) is 0 Å². The zero-order valence-electron chi connectivity index (χ0n) is 9.78. The molecule has 0 aromatic carbocycles. The minimum atomic E-state index is -1.46. The normalized spacial score (nSPS) is 38.2. The number of aliphatic hydroxyl groups excluding tert-OH is 4. The predicted molar refractivity (Wildman–Crippen MR) is 56.7 cm³/mol. The maximum absolute atomic E-state index is 11.4. The number of aliphatic hydroxyl groups is 4. The zero-order chi connectivity index (χ0) is 13.2. The fourth-order valence-corrected chi connectivity index (χ4v) is 1.58. The molecular formula is C10H19NO6. The van der Waals surface area contributed by atoms with Crippen molar-refractivity contribution in [2.75, 3.05) is 6.61 Å². The molecule has 1 aliphatic rings. The lowest BCUT2D eigenvalue weighted by molar-refractivity contribution is -0.254. The molecule has 1 rings (SSSR count). The van der Waals surface area contributed by atoms with Crippen molar-refractivity contribution >= 4 is 5.91 Å². The summed E-state index contributed by atoms with van der Waals surface area (Å²) in [6.07, 6.45) is -5.28. The van der Waals surface area contributed by atoms with Crippen molar-refractivity contribution in [3.8, 4) is 0 Å². The highest BCUT2D eigenvalue weighted by Gasteiger charge is 2.44. The van der Waals surface area contributed by atoms with Crippen LogP contribution in [0.3, 0.4) is 0 Å². The van der Waals surface area contributed by atoms with Crippen molar-refractivity contribution in [1.29, 1.82) is 0 Å². The van der Waals surface area contributed by atoms with Crippen LogP contribution in [0, 0.1) is 5.92 Å². The highest BCUT2D eigenvalue weighted by molar-refractivity contribution is 5.78. The first-order valence-corrected chi connectivity index (χ1v) is 5.49. The van der Waals surface area contributed by atoms with Gasteiger partial charge in [-0.15, -0.1) is 0 Å². The highest BCUT2D eigenvalue weighted by atomic mass is 16.6. The standard InChI is InChI=1S/C10H19NO6/c1-4(2)9(15)11-6-8(14)7(13)5(3-12)17-10(6)16/h4-8,10,12-14,16H,3H2,1-2H3,(H,11,15)/t5-,6+,7+,8-,10-/m0/s1. The molecule has 100 valence electrons. The molecule has 0 aromatic rings. The number of carbonyl (C=O) groups excluding carboxylic acids is 1. The first kappa shape index (κ1) is 14.3. The molecule has 0 saturated carbocycles. The fraction of sp³-hybridized carbons (Fsp3) is 0.900. The number of hydrogen-bond acceptors (Lipinski definition) is 6. The Morgan fingerprint density at radius 2 is 1.88 bits per heavy atom. The SMILES string of the molecule is CC(C)C(=O)N[C@@H]1[C@H](O)[C@H](O)[C@H](CO)O[C@@H]1O. The minimum Gasteiger partial charge on any atom is -0.394 e. The topological polar surface area (TPSA) is 119 Å². The second-order valence-corrected chi connectivity index (χ2v) is 4.42. The van der Waals surface area contributed by atoms with E-state index in [0.717, 1.165) is 0 Å². The molecule has 1 aliphatic heterocycles. The summed E-state index contributed by atoms with van der Waals surface area (Å²) in [6, 6.07) is -1.11. The van der Waals surface area contributed by atoms with Crippen molar-refractivity contribution in [1.82, 2.24) is 5.32 Å². The number of carbonyl (C=O) groups is 1. The van der Waals surface area contributed by atoms with Gasteiger partial charge in [-0.2, -0.15) is 0 Å². The third kappa shape index (κ3) is 3.14. The van der Waals surface area contributed by atoms with Gasteiger partial charge in [0.15, 0.2) is 6.29 Å². The van der Waals surface area contributed by atoms with Gasteiger partial charge < -0.3 is 30.5 Å². The van der Waals surface area contributed by atoms with E-state index in [9.17, 15) is 20.1 Å². The maximum atomic E-state index is 11.4. The molecule has 17 heavy (non-hydrogen) atoms. The Labute approximate surface area is 99.0 Å². The van der Waals surface area contributed by atoms with Gasteiger partial charge in [0.1, 0.15) is 24.4 Å². The van der Waals surface area contributed by atoms with E-state index in [1.54, 1.807) is 13.8 Å². The molecular weight excluding hydrogens is 230 g/mol. The average molecular weight is 249 g/mol. The molecule has 0 spiro atoms. The van der Waals surface area contributed by atoms with Crippen LogP contribution in [-0.2, 0) is 9.53 Å². The Morgan fingerprint density at radius 3 is 2.35 bits per heavy atom.